The van der Waals surface area contributed by atoms with Crippen LogP contribution in [-0.2, 0) is 9.59 Å². The third-order valence-corrected chi connectivity index (χ3v) is 4.42. The van der Waals surface area contributed by atoms with Crippen LogP contribution in [0.1, 0.15) is 39.0 Å². The highest BCUT2D eigenvalue weighted by molar-refractivity contribution is 7.99. The molecule has 0 aromatic heterocycles. The summed E-state index contributed by atoms with van der Waals surface area (Å²) >= 11 is 1.97. The largest absolute Gasteiger partial charge is 0.481 e. The first-order chi connectivity index (χ1) is 8.59. The van der Waals surface area contributed by atoms with E-state index in [4.69, 9.17) is 5.11 Å². The van der Waals surface area contributed by atoms with Gasteiger partial charge in [-0.15, -0.1) is 0 Å². The van der Waals surface area contributed by atoms with Crippen LogP contribution < -0.4 is 5.32 Å². The SMILES string of the molecule is CC(CCCNC(=O)CC1CCSCC1)C(=O)O. The second-order valence-electron chi connectivity index (χ2n) is 4.99. The van der Waals surface area contributed by atoms with Crippen LogP contribution in [0, 0.1) is 11.8 Å². The summed E-state index contributed by atoms with van der Waals surface area (Å²) in [4.78, 5) is 22.3. The maximum absolute atomic E-state index is 11.7. The van der Waals surface area contributed by atoms with Crippen LogP contribution in [0.4, 0.5) is 0 Å². The van der Waals surface area contributed by atoms with E-state index in [1.807, 2.05) is 11.8 Å². The van der Waals surface area contributed by atoms with Gasteiger partial charge >= 0.3 is 5.97 Å². The average molecular weight is 273 g/mol. The molecular weight excluding hydrogens is 250 g/mol. The van der Waals surface area contributed by atoms with E-state index in [2.05, 4.69) is 5.32 Å². The number of aliphatic carboxylic acids is 1. The molecule has 1 unspecified atom stereocenters. The van der Waals surface area contributed by atoms with Crippen LogP contribution in [0.25, 0.3) is 0 Å². The van der Waals surface area contributed by atoms with Crippen LogP contribution in [0.5, 0.6) is 0 Å². The first kappa shape index (κ1) is 15.3. The zero-order valence-corrected chi connectivity index (χ0v) is 11.8. The normalized spacial score (nSPS) is 18.3. The lowest BCUT2D eigenvalue weighted by molar-refractivity contribution is -0.141. The molecule has 18 heavy (non-hydrogen) atoms. The zero-order chi connectivity index (χ0) is 13.4. The molecule has 104 valence electrons. The van der Waals surface area contributed by atoms with Gasteiger partial charge in [0, 0.05) is 13.0 Å². The summed E-state index contributed by atoms with van der Waals surface area (Å²) in [6.45, 7) is 2.29. The zero-order valence-electron chi connectivity index (χ0n) is 11.0. The maximum atomic E-state index is 11.7. The first-order valence-electron chi connectivity index (χ1n) is 6.67. The third kappa shape index (κ3) is 6.28. The molecule has 1 saturated heterocycles. The van der Waals surface area contributed by atoms with E-state index in [-0.39, 0.29) is 11.8 Å². The number of carboxylic acids is 1. The van der Waals surface area contributed by atoms with E-state index in [1.165, 1.54) is 11.5 Å². The lowest BCUT2D eigenvalue weighted by Crippen LogP contribution is -2.28. The Labute approximate surface area is 113 Å². The van der Waals surface area contributed by atoms with Crippen molar-refractivity contribution in [2.24, 2.45) is 11.8 Å². The molecule has 0 aliphatic carbocycles. The van der Waals surface area contributed by atoms with Gasteiger partial charge in [-0.3, -0.25) is 9.59 Å². The Bertz CT molecular complexity index is 277. The molecule has 1 rings (SSSR count). The van der Waals surface area contributed by atoms with E-state index in [9.17, 15) is 9.59 Å². The molecule has 0 spiro atoms. The van der Waals surface area contributed by atoms with E-state index in [0.29, 0.717) is 25.3 Å². The Kier molecular flexibility index (Phi) is 7.16. The molecule has 2 N–H and O–H groups in total. The molecule has 1 fully saturated rings. The fourth-order valence-electron chi connectivity index (χ4n) is 2.04. The number of rotatable bonds is 7. The molecule has 5 heteroatoms. The standard InChI is InChI=1S/C13H23NO3S/c1-10(13(16)17)3-2-6-14-12(15)9-11-4-7-18-8-5-11/h10-11H,2-9H2,1H3,(H,14,15)(H,16,17). The van der Waals surface area contributed by atoms with Crippen molar-refractivity contribution >= 4 is 23.6 Å². The second-order valence-corrected chi connectivity index (χ2v) is 6.22. The number of carbonyl (C=O) groups is 2. The number of nitrogens with one attached hydrogen (secondary N) is 1. The van der Waals surface area contributed by atoms with Crippen molar-refractivity contribution in [1.29, 1.82) is 0 Å². The van der Waals surface area contributed by atoms with Crippen molar-refractivity contribution in [2.75, 3.05) is 18.1 Å². The molecule has 0 radical (unpaired) electrons. The molecular formula is C13H23NO3S. The fraction of sp³-hybridized carbons (Fsp3) is 0.846. The monoisotopic (exact) mass is 273 g/mol. The van der Waals surface area contributed by atoms with E-state index < -0.39 is 5.97 Å². The van der Waals surface area contributed by atoms with Gasteiger partial charge in [-0.25, -0.2) is 0 Å². The molecule has 0 bridgehead atoms. The van der Waals surface area contributed by atoms with Crippen molar-refractivity contribution in [3.8, 4) is 0 Å². The minimum Gasteiger partial charge on any atom is -0.481 e. The van der Waals surface area contributed by atoms with Gasteiger partial charge in [0.1, 0.15) is 0 Å². The van der Waals surface area contributed by atoms with E-state index in [1.54, 1.807) is 6.92 Å². The summed E-state index contributed by atoms with van der Waals surface area (Å²) < 4.78 is 0. The molecule has 1 atom stereocenters. The molecule has 0 aromatic carbocycles. The quantitative estimate of drug-likeness (QED) is 0.697. The van der Waals surface area contributed by atoms with Crippen molar-refractivity contribution in [3.05, 3.63) is 0 Å². The summed E-state index contributed by atoms with van der Waals surface area (Å²) in [5, 5.41) is 11.6. The fourth-order valence-corrected chi connectivity index (χ4v) is 3.25. The second kappa shape index (κ2) is 8.40. The highest BCUT2D eigenvalue weighted by Crippen LogP contribution is 2.24. The van der Waals surface area contributed by atoms with Gasteiger partial charge in [0.15, 0.2) is 0 Å². The maximum Gasteiger partial charge on any atom is 0.306 e. The van der Waals surface area contributed by atoms with Gasteiger partial charge in [-0.2, -0.15) is 11.8 Å². The highest BCUT2D eigenvalue weighted by Gasteiger charge is 2.17. The van der Waals surface area contributed by atoms with Crippen LogP contribution >= 0.6 is 11.8 Å². The van der Waals surface area contributed by atoms with E-state index >= 15 is 0 Å². The van der Waals surface area contributed by atoms with E-state index in [0.717, 1.165) is 19.3 Å². The van der Waals surface area contributed by atoms with Crippen molar-refractivity contribution in [1.82, 2.24) is 5.32 Å². The molecule has 4 nitrogen and oxygen atoms in total. The Balaban J connectivity index is 2.04. The van der Waals surface area contributed by atoms with Gasteiger partial charge in [0.2, 0.25) is 5.91 Å². The molecule has 0 aromatic rings. The minimum absolute atomic E-state index is 0.120. The molecule has 1 heterocycles. The van der Waals surface area contributed by atoms with Gasteiger partial charge < -0.3 is 10.4 Å². The van der Waals surface area contributed by atoms with Crippen molar-refractivity contribution < 1.29 is 14.7 Å². The minimum atomic E-state index is -0.763. The Hall–Kier alpha value is -0.710. The number of carboxylic acid groups (broad SMARTS) is 1. The van der Waals surface area contributed by atoms with Crippen LogP contribution in [-0.4, -0.2) is 35.0 Å². The van der Waals surface area contributed by atoms with Crippen LogP contribution in [0.15, 0.2) is 0 Å². The van der Waals surface area contributed by atoms with Gasteiger partial charge in [0.05, 0.1) is 5.92 Å². The third-order valence-electron chi connectivity index (χ3n) is 3.37. The van der Waals surface area contributed by atoms with Gasteiger partial charge in [-0.1, -0.05) is 6.92 Å². The smallest absolute Gasteiger partial charge is 0.306 e. The Morgan fingerprint density at radius 1 is 1.39 bits per heavy atom. The van der Waals surface area contributed by atoms with Crippen molar-refractivity contribution in [2.45, 2.75) is 39.0 Å². The Morgan fingerprint density at radius 2 is 2.06 bits per heavy atom. The molecule has 0 saturated carbocycles. The van der Waals surface area contributed by atoms with Crippen molar-refractivity contribution in [3.63, 3.8) is 0 Å². The summed E-state index contributed by atoms with van der Waals surface area (Å²) in [6.07, 6.45) is 4.28. The number of thioether (sulfide) groups is 1. The lowest BCUT2D eigenvalue weighted by Gasteiger charge is -2.20. The molecule has 1 aliphatic heterocycles. The lowest BCUT2D eigenvalue weighted by atomic mass is 9.98. The first-order valence-corrected chi connectivity index (χ1v) is 7.82. The topological polar surface area (TPSA) is 66.4 Å². The number of carbonyl (C=O) groups excluding carboxylic acids is 1. The summed E-state index contributed by atoms with van der Waals surface area (Å²) in [7, 11) is 0. The van der Waals surface area contributed by atoms with Crippen LogP contribution in [0.3, 0.4) is 0 Å². The number of amides is 1. The predicted octanol–water partition coefficient (Wildman–Crippen LogP) is 2.14. The molecule has 1 amide bonds. The molecule has 1 aliphatic rings. The Morgan fingerprint density at radius 3 is 2.67 bits per heavy atom. The summed E-state index contributed by atoms with van der Waals surface area (Å²) in [5.41, 5.74) is 0. The summed E-state index contributed by atoms with van der Waals surface area (Å²) in [6, 6.07) is 0. The highest BCUT2D eigenvalue weighted by atomic mass is 32.2. The van der Waals surface area contributed by atoms with Gasteiger partial charge in [0.25, 0.3) is 0 Å². The predicted molar refractivity (Wildman–Crippen MR) is 73.7 cm³/mol. The summed E-state index contributed by atoms with van der Waals surface area (Å²) in [5.74, 6) is 1.93. The average Bonchev–Trinajstić information content (AvgIpc) is 2.35. The van der Waals surface area contributed by atoms with Crippen LogP contribution in [0.2, 0.25) is 0 Å². The van der Waals surface area contributed by atoms with Gasteiger partial charge in [-0.05, 0) is 43.1 Å². The number of hydrogen-bond acceptors (Lipinski definition) is 3. The number of hydrogen-bond donors (Lipinski definition) is 2.